The van der Waals surface area contributed by atoms with Crippen molar-refractivity contribution in [1.82, 2.24) is 0 Å². The lowest BCUT2D eigenvalue weighted by Gasteiger charge is -2.07. The van der Waals surface area contributed by atoms with Crippen LogP contribution in [0.25, 0.3) is 0 Å². The van der Waals surface area contributed by atoms with Crippen LogP contribution in [-0.2, 0) is 0 Å². The second-order valence-corrected chi connectivity index (χ2v) is 4.78. The zero-order chi connectivity index (χ0) is 14.5. The molecule has 0 atom stereocenters. The van der Waals surface area contributed by atoms with E-state index in [-0.39, 0.29) is 5.96 Å². The first kappa shape index (κ1) is 14.4. The zero-order valence-corrected chi connectivity index (χ0v) is 11.9. The predicted molar refractivity (Wildman–Crippen MR) is 84.4 cm³/mol. The van der Waals surface area contributed by atoms with E-state index >= 15 is 0 Å². The highest BCUT2D eigenvalue weighted by Gasteiger charge is 2.09. The Morgan fingerprint density at radius 2 is 1.50 bits per heavy atom. The third-order valence-corrected chi connectivity index (χ3v) is 3.24. The molecule has 0 unspecified atom stereocenters. The van der Waals surface area contributed by atoms with E-state index < -0.39 is 0 Å². The SMILES string of the molecule is NC(N)=N/N=C(\c1ccccc1)c1ccc(Cl)c(Cl)c1. The Bertz CT molecular complexity index is 662. The number of nitrogens with zero attached hydrogens (tertiary/aromatic N) is 2. The third kappa shape index (κ3) is 3.50. The fraction of sp³-hybridized carbons (Fsp3) is 0. The van der Waals surface area contributed by atoms with Gasteiger partial charge in [0.2, 0.25) is 5.96 Å². The van der Waals surface area contributed by atoms with Gasteiger partial charge in [0, 0.05) is 11.1 Å². The minimum Gasteiger partial charge on any atom is -0.369 e. The van der Waals surface area contributed by atoms with Crippen molar-refractivity contribution in [3.63, 3.8) is 0 Å². The van der Waals surface area contributed by atoms with Gasteiger partial charge in [0.15, 0.2) is 0 Å². The van der Waals surface area contributed by atoms with E-state index in [2.05, 4.69) is 10.2 Å². The summed E-state index contributed by atoms with van der Waals surface area (Å²) in [5.74, 6) is -0.113. The molecule has 0 amide bonds. The smallest absolute Gasteiger partial charge is 0.211 e. The van der Waals surface area contributed by atoms with Crippen LogP contribution < -0.4 is 11.5 Å². The summed E-state index contributed by atoms with van der Waals surface area (Å²) in [5.41, 5.74) is 12.9. The molecule has 4 nitrogen and oxygen atoms in total. The Balaban J connectivity index is 2.55. The van der Waals surface area contributed by atoms with Crippen molar-refractivity contribution in [2.24, 2.45) is 21.7 Å². The second kappa shape index (κ2) is 6.41. The summed E-state index contributed by atoms with van der Waals surface area (Å²) in [4.78, 5) is 0. The van der Waals surface area contributed by atoms with Crippen LogP contribution in [0.15, 0.2) is 58.7 Å². The molecule has 2 rings (SSSR count). The van der Waals surface area contributed by atoms with E-state index in [1.54, 1.807) is 12.1 Å². The van der Waals surface area contributed by atoms with Crippen LogP contribution in [0, 0.1) is 0 Å². The Morgan fingerprint density at radius 1 is 0.800 bits per heavy atom. The van der Waals surface area contributed by atoms with Gasteiger partial charge in [-0.2, -0.15) is 0 Å². The van der Waals surface area contributed by atoms with Crippen molar-refractivity contribution in [1.29, 1.82) is 0 Å². The van der Waals surface area contributed by atoms with Gasteiger partial charge in [-0.25, -0.2) is 0 Å². The Labute approximate surface area is 126 Å². The molecular formula is C14H12Cl2N4. The number of hydrogen-bond donors (Lipinski definition) is 2. The number of benzene rings is 2. The first-order valence-electron chi connectivity index (χ1n) is 5.75. The van der Waals surface area contributed by atoms with Crippen LogP contribution in [0.1, 0.15) is 11.1 Å². The van der Waals surface area contributed by atoms with E-state index in [0.717, 1.165) is 11.1 Å². The summed E-state index contributed by atoms with van der Waals surface area (Å²) in [6, 6.07) is 14.8. The first-order chi connectivity index (χ1) is 9.58. The minimum atomic E-state index is -0.113. The van der Waals surface area contributed by atoms with Gasteiger partial charge in [0.25, 0.3) is 0 Å². The van der Waals surface area contributed by atoms with Gasteiger partial charge in [0.1, 0.15) is 5.71 Å². The molecule has 4 N–H and O–H groups in total. The van der Waals surface area contributed by atoms with Crippen LogP contribution >= 0.6 is 23.2 Å². The molecule has 0 bridgehead atoms. The van der Waals surface area contributed by atoms with Gasteiger partial charge in [-0.15, -0.1) is 10.2 Å². The summed E-state index contributed by atoms with van der Waals surface area (Å²) in [6.07, 6.45) is 0. The number of hydrogen-bond acceptors (Lipinski definition) is 2. The zero-order valence-electron chi connectivity index (χ0n) is 10.4. The maximum absolute atomic E-state index is 6.04. The Kier molecular flexibility index (Phi) is 4.61. The van der Waals surface area contributed by atoms with Crippen molar-refractivity contribution < 1.29 is 0 Å². The molecule has 102 valence electrons. The molecule has 20 heavy (non-hydrogen) atoms. The van der Waals surface area contributed by atoms with Gasteiger partial charge in [-0.1, -0.05) is 59.6 Å². The number of halogens is 2. The van der Waals surface area contributed by atoms with Gasteiger partial charge in [-0.3, -0.25) is 0 Å². The fourth-order valence-electron chi connectivity index (χ4n) is 1.63. The Hall–Kier alpha value is -2.04. The maximum Gasteiger partial charge on any atom is 0.211 e. The molecule has 2 aromatic carbocycles. The van der Waals surface area contributed by atoms with Gasteiger partial charge >= 0.3 is 0 Å². The van der Waals surface area contributed by atoms with Crippen LogP contribution in [0.3, 0.4) is 0 Å². The molecule has 0 fully saturated rings. The number of guanidine groups is 1. The topological polar surface area (TPSA) is 76.8 Å². The molecule has 0 aliphatic carbocycles. The minimum absolute atomic E-state index is 0.113. The maximum atomic E-state index is 6.04. The highest BCUT2D eigenvalue weighted by molar-refractivity contribution is 6.42. The molecule has 0 radical (unpaired) electrons. The third-order valence-electron chi connectivity index (χ3n) is 2.51. The molecule has 0 saturated carbocycles. The number of rotatable bonds is 3. The highest BCUT2D eigenvalue weighted by Crippen LogP contribution is 2.24. The summed E-state index contributed by atoms with van der Waals surface area (Å²) < 4.78 is 0. The molecule has 0 aromatic heterocycles. The van der Waals surface area contributed by atoms with E-state index in [4.69, 9.17) is 34.7 Å². The van der Waals surface area contributed by atoms with Gasteiger partial charge in [0.05, 0.1) is 10.0 Å². The molecule has 2 aromatic rings. The van der Waals surface area contributed by atoms with E-state index in [1.165, 1.54) is 0 Å². The molecule has 0 aliphatic heterocycles. The van der Waals surface area contributed by atoms with Crippen LogP contribution in [0.4, 0.5) is 0 Å². The van der Waals surface area contributed by atoms with Crippen molar-refractivity contribution >= 4 is 34.9 Å². The first-order valence-corrected chi connectivity index (χ1v) is 6.51. The summed E-state index contributed by atoms with van der Waals surface area (Å²) in [6.45, 7) is 0. The Morgan fingerprint density at radius 3 is 2.10 bits per heavy atom. The fourth-order valence-corrected chi connectivity index (χ4v) is 1.93. The van der Waals surface area contributed by atoms with Crippen molar-refractivity contribution in [3.8, 4) is 0 Å². The van der Waals surface area contributed by atoms with Crippen molar-refractivity contribution in [2.45, 2.75) is 0 Å². The molecular weight excluding hydrogens is 295 g/mol. The lowest BCUT2D eigenvalue weighted by Crippen LogP contribution is -2.22. The lowest BCUT2D eigenvalue weighted by atomic mass is 10.0. The second-order valence-electron chi connectivity index (χ2n) is 3.97. The summed E-state index contributed by atoms with van der Waals surface area (Å²) in [5, 5.41) is 8.72. The average molecular weight is 307 g/mol. The summed E-state index contributed by atoms with van der Waals surface area (Å²) in [7, 11) is 0. The van der Waals surface area contributed by atoms with Gasteiger partial charge in [-0.05, 0) is 12.1 Å². The van der Waals surface area contributed by atoms with Crippen LogP contribution in [0.2, 0.25) is 10.0 Å². The number of nitrogens with two attached hydrogens (primary N) is 2. The quantitative estimate of drug-likeness (QED) is 0.519. The molecule has 0 spiro atoms. The largest absolute Gasteiger partial charge is 0.369 e. The van der Waals surface area contributed by atoms with Crippen molar-refractivity contribution in [2.75, 3.05) is 0 Å². The van der Waals surface area contributed by atoms with Crippen molar-refractivity contribution in [3.05, 3.63) is 69.7 Å². The van der Waals surface area contributed by atoms with Gasteiger partial charge < -0.3 is 11.5 Å². The van der Waals surface area contributed by atoms with Crippen LogP contribution in [-0.4, -0.2) is 11.7 Å². The van der Waals surface area contributed by atoms with E-state index in [0.29, 0.717) is 15.8 Å². The molecule has 0 heterocycles. The predicted octanol–water partition coefficient (Wildman–Crippen LogP) is 3.02. The van der Waals surface area contributed by atoms with E-state index in [1.807, 2.05) is 36.4 Å². The molecule has 6 heteroatoms. The standard InChI is InChI=1S/C14H12Cl2N4/c15-11-7-6-10(8-12(11)16)13(19-20-14(17)18)9-4-2-1-3-5-9/h1-8H,(H4,17,18,20)/b19-13+. The molecule has 0 saturated heterocycles. The summed E-state index contributed by atoms with van der Waals surface area (Å²) >= 11 is 12.0. The van der Waals surface area contributed by atoms with E-state index in [9.17, 15) is 0 Å². The normalized spacial score (nSPS) is 11.2. The highest BCUT2D eigenvalue weighted by atomic mass is 35.5. The monoisotopic (exact) mass is 306 g/mol. The van der Waals surface area contributed by atoms with Crippen LogP contribution in [0.5, 0.6) is 0 Å². The average Bonchev–Trinajstić information content (AvgIpc) is 2.44. The lowest BCUT2D eigenvalue weighted by molar-refractivity contribution is 1.20. The molecule has 0 aliphatic rings.